The van der Waals surface area contributed by atoms with Crippen LogP contribution in [0.1, 0.15) is 22.8 Å². The lowest BCUT2D eigenvalue weighted by molar-refractivity contribution is 0.0955. The Bertz CT molecular complexity index is 705. The molecule has 0 saturated heterocycles. The molecular weight excluding hydrogens is 409 g/mol. The van der Waals surface area contributed by atoms with Gasteiger partial charge in [-0.05, 0) is 59.3 Å². The normalized spacial score (nSPS) is 10.6. The van der Waals surface area contributed by atoms with Crippen LogP contribution in [-0.4, -0.2) is 30.8 Å². The number of aromatic nitrogens is 1. The monoisotopic (exact) mass is 425 g/mol. The van der Waals surface area contributed by atoms with Crippen LogP contribution in [0.2, 0.25) is 0 Å². The van der Waals surface area contributed by atoms with Gasteiger partial charge in [0, 0.05) is 12.4 Å². The first kappa shape index (κ1) is 17.2. The molecular formula is C16H16IN3O3. The summed E-state index contributed by atoms with van der Waals surface area (Å²) in [4.78, 5) is 15.7. The number of hydrazone groups is 1. The number of rotatable bonds is 6. The molecule has 0 aliphatic carbocycles. The molecule has 7 heteroatoms. The Labute approximate surface area is 148 Å². The highest BCUT2D eigenvalue weighted by molar-refractivity contribution is 14.1. The third kappa shape index (κ3) is 4.65. The summed E-state index contributed by atoms with van der Waals surface area (Å²) in [6.45, 7) is 2.47. The van der Waals surface area contributed by atoms with Gasteiger partial charge in [-0.1, -0.05) is 0 Å². The molecule has 0 aliphatic rings. The van der Waals surface area contributed by atoms with Gasteiger partial charge in [0.1, 0.15) is 0 Å². The van der Waals surface area contributed by atoms with E-state index in [1.54, 1.807) is 37.7 Å². The van der Waals surface area contributed by atoms with Crippen molar-refractivity contribution in [1.29, 1.82) is 0 Å². The second-order valence-electron chi connectivity index (χ2n) is 4.41. The SMILES string of the molecule is CCOc1c(I)cc(/C=N\NC(=O)c2cccnc2)cc1OC. The molecule has 0 aliphatic heterocycles. The number of carbonyl (C=O) groups is 1. The zero-order chi connectivity index (χ0) is 16.7. The molecule has 0 atom stereocenters. The molecule has 1 aromatic heterocycles. The summed E-state index contributed by atoms with van der Waals surface area (Å²) in [5, 5.41) is 3.96. The van der Waals surface area contributed by atoms with Crippen molar-refractivity contribution in [2.24, 2.45) is 5.10 Å². The minimum absolute atomic E-state index is 0.318. The molecule has 1 amide bonds. The van der Waals surface area contributed by atoms with Gasteiger partial charge in [-0.3, -0.25) is 9.78 Å². The van der Waals surface area contributed by atoms with Crippen molar-refractivity contribution in [2.75, 3.05) is 13.7 Å². The van der Waals surface area contributed by atoms with E-state index in [4.69, 9.17) is 9.47 Å². The first-order valence-electron chi connectivity index (χ1n) is 6.89. The average Bonchev–Trinajstić information content (AvgIpc) is 2.57. The van der Waals surface area contributed by atoms with Crippen LogP contribution in [0, 0.1) is 3.57 Å². The molecule has 0 unspecified atom stereocenters. The number of benzene rings is 1. The van der Waals surface area contributed by atoms with Crippen molar-refractivity contribution in [3.63, 3.8) is 0 Å². The molecule has 1 aromatic carbocycles. The zero-order valence-corrected chi connectivity index (χ0v) is 14.9. The van der Waals surface area contributed by atoms with Crippen molar-refractivity contribution in [2.45, 2.75) is 6.92 Å². The highest BCUT2D eigenvalue weighted by Gasteiger charge is 2.10. The molecule has 120 valence electrons. The summed E-state index contributed by atoms with van der Waals surface area (Å²) < 4.78 is 11.8. The molecule has 1 heterocycles. The van der Waals surface area contributed by atoms with Crippen LogP contribution >= 0.6 is 22.6 Å². The summed E-state index contributed by atoms with van der Waals surface area (Å²) in [5.41, 5.74) is 3.70. The van der Waals surface area contributed by atoms with Crippen molar-refractivity contribution in [3.05, 3.63) is 51.4 Å². The van der Waals surface area contributed by atoms with E-state index >= 15 is 0 Å². The first-order valence-corrected chi connectivity index (χ1v) is 7.97. The largest absolute Gasteiger partial charge is 0.493 e. The number of methoxy groups -OCH3 is 1. The van der Waals surface area contributed by atoms with E-state index in [0.717, 1.165) is 9.13 Å². The number of nitrogens with one attached hydrogen (secondary N) is 1. The lowest BCUT2D eigenvalue weighted by Gasteiger charge is -2.12. The third-order valence-corrected chi connectivity index (χ3v) is 3.65. The number of hydrogen-bond acceptors (Lipinski definition) is 5. The number of ether oxygens (including phenoxy) is 2. The van der Waals surface area contributed by atoms with Gasteiger partial charge in [0.2, 0.25) is 0 Å². The molecule has 23 heavy (non-hydrogen) atoms. The maximum Gasteiger partial charge on any atom is 0.272 e. The fourth-order valence-corrected chi connectivity index (χ4v) is 2.61. The maximum atomic E-state index is 11.9. The van der Waals surface area contributed by atoms with E-state index in [-0.39, 0.29) is 5.91 Å². The Balaban J connectivity index is 2.11. The highest BCUT2D eigenvalue weighted by Crippen LogP contribution is 2.33. The van der Waals surface area contributed by atoms with E-state index < -0.39 is 0 Å². The van der Waals surface area contributed by atoms with Gasteiger partial charge in [-0.25, -0.2) is 5.43 Å². The van der Waals surface area contributed by atoms with E-state index in [1.807, 2.05) is 13.0 Å². The molecule has 0 radical (unpaired) electrons. The number of carbonyl (C=O) groups excluding carboxylic acids is 1. The molecule has 2 aromatic rings. The van der Waals surface area contributed by atoms with Crippen LogP contribution in [0.3, 0.4) is 0 Å². The Morgan fingerprint density at radius 2 is 2.30 bits per heavy atom. The standard InChI is InChI=1S/C16H16IN3O3/c1-3-23-15-13(17)7-11(8-14(15)22-2)9-19-20-16(21)12-5-4-6-18-10-12/h4-10H,3H2,1-2H3,(H,20,21)/b19-9-. The van der Waals surface area contributed by atoms with Crippen LogP contribution < -0.4 is 14.9 Å². The fraction of sp³-hybridized carbons (Fsp3) is 0.188. The summed E-state index contributed by atoms with van der Waals surface area (Å²) in [5.74, 6) is 1.01. The average molecular weight is 425 g/mol. The molecule has 2 rings (SSSR count). The number of hydrogen-bond donors (Lipinski definition) is 1. The van der Waals surface area contributed by atoms with Crippen LogP contribution in [0.5, 0.6) is 11.5 Å². The third-order valence-electron chi connectivity index (χ3n) is 2.84. The number of halogens is 1. The minimum atomic E-state index is -0.318. The smallest absolute Gasteiger partial charge is 0.272 e. The molecule has 0 saturated carbocycles. The van der Waals surface area contributed by atoms with Gasteiger partial charge in [-0.2, -0.15) is 5.10 Å². The van der Waals surface area contributed by atoms with Crippen molar-refractivity contribution >= 4 is 34.7 Å². The van der Waals surface area contributed by atoms with Gasteiger partial charge >= 0.3 is 0 Å². The van der Waals surface area contributed by atoms with E-state index in [9.17, 15) is 4.79 Å². The predicted molar refractivity (Wildman–Crippen MR) is 96.2 cm³/mol. The summed E-state index contributed by atoms with van der Waals surface area (Å²) in [7, 11) is 1.58. The van der Waals surface area contributed by atoms with Gasteiger partial charge in [0.05, 0.1) is 29.1 Å². The second kappa shape index (κ2) is 8.47. The zero-order valence-electron chi connectivity index (χ0n) is 12.7. The van der Waals surface area contributed by atoms with E-state index in [0.29, 0.717) is 23.7 Å². The van der Waals surface area contributed by atoms with Gasteiger partial charge in [-0.15, -0.1) is 0 Å². The fourth-order valence-electron chi connectivity index (χ4n) is 1.83. The number of amides is 1. The van der Waals surface area contributed by atoms with E-state index in [1.165, 1.54) is 6.20 Å². The van der Waals surface area contributed by atoms with Crippen LogP contribution in [0.15, 0.2) is 41.8 Å². The lowest BCUT2D eigenvalue weighted by Crippen LogP contribution is -2.17. The van der Waals surface area contributed by atoms with Gasteiger partial charge in [0.15, 0.2) is 11.5 Å². The van der Waals surface area contributed by atoms with E-state index in [2.05, 4.69) is 38.1 Å². The summed E-state index contributed by atoms with van der Waals surface area (Å²) in [6.07, 6.45) is 4.64. The molecule has 1 N–H and O–H groups in total. The maximum absolute atomic E-state index is 11.9. The number of pyridine rings is 1. The van der Waals surface area contributed by atoms with Crippen molar-refractivity contribution in [3.8, 4) is 11.5 Å². The van der Waals surface area contributed by atoms with Gasteiger partial charge in [0.25, 0.3) is 5.91 Å². The highest BCUT2D eigenvalue weighted by atomic mass is 127. The number of nitrogens with zero attached hydrogens (tertiary/aromatic N) is 2. The first-order chi connectivity index (χ1) is 11.2. The van der Waals surface area contributed by atoms with Crippen molar-refractivity contribution < 1.29 is 14.3 Å². The van der Waals surface area contributed by atoms with Crippen LogP contribution in [0.25, 0.3) is 0 Å². The second-order valence-corrected chi connectivity index (χ2v) is 5.57. The minimum Gasteiger partial charge on any atom is -0.493 e. The topological polar surface area (TPSA) is 72.8 Å². The molecule has 0 fully saturated rings. The molecule has 6 nitrogen and oxygen atoms in total. The Hall–Kier alpha value is -2.16. The molecule has 0 spiro atoms. The quantitative estimate of drug-likeness (QED) is 0.439. The Morgan fingerprint density at radius 1 is 1.48 bits per heavy atom. The van der Waals surface area contributed by atoms with Crippen LogP contribution in [-0.2, 0) is 0 Å². The van der Waals surface area contributed by atoms with Crippen molar-refractivity contribution in [1.82, 2.24) is 10.4 Å². The predicted octanol–water partition coefficient (Wildman–Crippen LogP) is 2.86. The summed E-state index contributed by atoms with van der Waals surface area (Å²) >= 11 is 2.17. The summed E-state index contributed by atoms with van der Waals surface area (Å²) in [6, 6.07) is 7.06. The Kier molecular flexibility index (Phi) is 6.33. The molecule has 0 bridgehead atoms. The van der Waals surface area contributed by atoms with Crippen LogP contribution in [0.4, 0.5) is 0 Å². The van der Waals surface area contributed by atoms with Gasteiger partial charge < -0.3 is 9.47 Å². The lowest BCUT2D eigenvalue weighted by atomic mass is 10.2. The Morgan fingerprint density at radius 3 is 2.96 bits per heavy atom.